The quantitative estimate of drug-likeness (QED) is 0.765. The number of carbonyl (C=O) groups is 1. The summed E-state index contributed by atoms with van der Waals surface area (Å²) in [7, 11) is 0. The SMILES string of the molecule is Nc1nc(N)c2c(OCC3CCNC(=O)C3)cccc2n1. The number of nitrogens with zero attached hydrogens (tertiary/aromatic N) is 2. The fourth-order valence-electron chi connectivity index (χ4n) is 2.52. The maximum atomic E-state index is 11.4. The Hall–Kier alpha value is -2.57. The van der Waals surface area contributed by atoms with E-state index in [0.717, 1.165) is 6.42 Å². The highest BCUT2D eigenvalue weighted by atomic mass is 16.5. The van der Waals surface area contributed by atoms with Crippen molar-refractivity contribution in [3.63, 3.8) is 0 Å². The third kappa shape index (κ3) is 2.81. The van der Waals surface area contributed by atoms with Gasteiger partial charge < -0.3 is 21.5 Å². The van der Waals surface area contributed by atoms with Crippen LogP contribution >= 0.6 is 0 Å². The minimum atomic E-state index is 0.0726. The van der Waals surface area contributed by atoms with Crippen molar-refractivity contribution in [1.82, 2.24) is 15.3 Å². The van der Waals surface area contributed by atoms with Crippen LogP contribution in [0.2, 0.25) is 0 Å². The van der Waals surface area contributed by atoms with Crippen molar-refractivity contribution >= 4 is 28.6 Å². The van der Waals surface area contributed by atoms with E-state index in [1.165, 1.54) is 0 Å². The molecule has 7 heteroatoms. The molecule has 110 valence electrons. The molecular formula is C14H17N5O2. The monoisotopic (exact) mass is 287 g/mol. The predicted octanol–water partition coefficient (Wildman–Crippen LogP) is 0.699. The van der Waals surface area contributed by atoms with Gasteiger partial charge in [-0.2, -0.15) is 4.98 Å². The number of benzene rings is 1. The average Bonchev–Trinajstić information content (AvgIpc) is 2.44. The lowest BCUT2D eigenvalue weighted by Crippen LogP contribution is -2.35. The number of piperidine rings is 1. The number of hydrogen-bond acceptors (Lipinski definition) is 6. The van der Waals surface area contributed by atoms with Crippen molar-refractivity contribution < 1.29 is 9.53 Å². The topological polar surface area (TPSA) is 116 Å². The standard InChI is InChI=1S/C14H17N5O2/c15-13-12-9(18-14(16)19-13)2-1-3-10(12)21-7-8-4-5-17-11(20)6-8/h1-3,8H,4-7H2,(H,17,20)(H4,15,16,18,19). The van der Waals surface area contributed by atoms with E-state index >= 15 is 0 Å². The summed E-state index contributed by atoms with van der Waals surface area (Å²) < 4.78 is 5.85. The van der Waals surface area contributed by atoms with Gasteiger partial charge in [-0.25, -0.2) is 4.98 Å². The Morgan fingerprint density at radius 2 is 2.19 bits per heavy atom. The van der Waals surface area contributed by atoms with Gasteiger partial charge in [0.2, 0.25) is 11.9 Å². The third-order valence-electron chi connectivity index (χ3n) is 3.55. The molecular weight excluding hydrogens is 270 g/mol. The van der Waals surface area contributed by atoms with Gasteiger partial charge in [0.05, 0.1) is 17.5 Å². The smallest absolute Gasteiger partial charge is 0.222 e. The summed E-state index contributed by atoms with van der Waals surface area (Å²) in [5.74, 6) is 1.35. The molecule has 0 radical (unpaired) electrons. The van der Waals surface area contributed by atoms with E-state index < -0.39 is 0 Å². The van der Waals surface area contributed by atoms with Crippen molar-refractivity contribution in [3.8, 4) is 5.75 Å². The maximum absolute atomic E-state index is 11.4. The number of rotatable bonds is 3. The van der Waals surface area contributed by atoms with Crippen LogP contribution in [0.5, 0.6) is 5.75 Å². The van der Waals surface area contributed by atoms with E-state index in [4.69, 9.17) is 16.2 Å². The zero-order chi connectivity index (χ0) is 14.8. The number of amides is 1. The first-order valence-corrected chi connectivity index (χ1v) is 6.84. The van der Waals surface area contributed by atoms with E-state index in [2.05, 4.69) is 15.3 Å². The Morgan fingerprint density at radius 3 is 3.00 bits per heavy atom. The number of nitrogen functional groups attached to an aromatic ring is 2. The Kier molecular flexibility index (Phi) is 3.47. The molecule has 7 nitrogen and oxygen atoms in total. The molecule has 2 aromatic rings. The van der Waals surface area contributed by atoms with Gasteiger partial charge in [0, 0.05) is 18.9 Å². The predicted molar refractivity (Wildman–Crippen MR) is 79.6 cm³/mol. The van der Waals surface area contributed by atoms with Gasteiger partial charge in [-0.1, -0.05) is 6.07 Å². The van der Waals surface area contributed by atoms with Gasteiger partial charge in [-0.3, -0.25) is 4.79 Å². The molecule has 0 aliphatic carbocycles. The van der Waals surface area contributed by atoms with E-state index in [9.17, 15) is 4.79 Å². The molecule has 0 bridgehead atoms. The highest BCUT2D eigenvalue weighted by molar-refractivity contribution is 5.94. The molecule has 1 atom stereocenters. The molecule has 1 fully saturated rings. The largest absolute Gasteiger partial charge is 0.492 e. The lowest BCUT2D eigenvalue weighted by Gasteiger charge is -2.22. The van der Waals surface area contributed by atoms with Crippen molar-refractivity contribution in [2.75, 3.05) is 24.6 Å². The van der Waals surface area contributed by atoms with Crippen molar-refractivity contribution in [2.45, 2.75) is 12.8 Å². The second-order valence-electron chi connectivity index (χ2n) is 5.14. The number of nitrogens with two attached hydrogens (primary N) is 2. The van der Waals surface area contributed by atoms with E-state index in [1.807, 2.05) is 18.2 Å². The van der Waals surface area contributed by atoms with Crippen LogP contribution in [-0.4, -0.2) is 29.0 Å². The van der Waals surface area contributed by atoms with E-state index in [1.54, 1.807) is 0 Å². The first-order chi connectivity index (χ1) is 10.1. The second kappa shape index (κ2) is 5.43. The summed E-state index contributed by atoms with van der Waals surface area (Å²) in [5.41, 5.74) is 12.2. The van der Waals surface area contributed by atoms with Crippen molar-refractivity contribution in [1.29, 1.82) is 0 Å². The normalized spacial score (nSPS) is 18.5. The number of nitrogens with one attached hydrogen (secondary N) is 1. The lowest BCUT2D eigenvalue weighted by atomic mass is 9.99. The van der Waals surface area contributed by atoms with Gasteiger partial charge in [-0.05, 0) is 18.6 Å². The number of hydrogen-bond donors (Lipinski definition) is 3. The van der Waals surface area contributed by atoms with Crippen LogP contribution in [0.25, 0.3) is 10.9 Å². The summed E-state index contributed by atoms with van der Waals surface area (Å²) >= 11 is 0. The number of carbonyl (C=O) groups excluding carboxylic acids is 1. The van der Waals surface area contributed by atoms with Crippen molar-refractivity contribution in [3.05, 3.63) is 18.2 Å². The molecule has 21 heavy (non-hydrogen) atoms. The molecule has 1 aliphatic rings. The molecule has 1 amide bonds. The average molecular weight is 287 g/mol. The fourth-order valence-corrected chi connectivity index (χ4v) is 2.52. The molecule has 0 spiro atoms. The van der Waals surface area contributed by atoms with Crippen molar-refractivity contribution in [2.24, 2.45) is 5.92 Å². The molecule has 3 rings (SSSR count). The Bertz CT molecular complexity index is 688. The molecule has 0 saturated carbocycles. The fraction of sp³-hybridized carbons (Fsp3) is 0.357. The Labute approximate surface area is 121 Å². The summed E-state index contributed by atoms with van der Waals surface area (Å²) in [6.07, 6.45) is 1.40. The van der Waals surface area contributed by atoms with Crippen LogP contribution in [0.4, 0.5) is 11.8 Å². The lowest BCUT2D eigenvalue weighted by molar-refractivity contribution is -0.123. The van der Waals surface area contributed by atoms with E-state index in [0.29, 0.717) is 42.0 Å². The minimum Gasteiger partial charge on any atom is -0.492 e. The third-order valence-corrected chi connectivity index (χ3v) is 3.55. The summed E-state index contributed by atoms with van der Waals surface area (Å²) in [6.45, 7) is 1.17. The number of aromatic nitrogens is 2. The number of anilines is 2. The highest BCUT2D eigenvalue weighted by Crippen LogP contribution is 2.29. The number of fused-ring (bicyclic) bond motifs is 1. The van der Waals surface area contributed by atoms with E-state index in [-0.39, 0.29) is 17.8 Å². The van der Waals surface area contributed by atoms with Gasteiger partial charge in [0.15, 0.2) is 0 Å². The molecule has 5 N–H and O–H groups in total. The van der Waals surface area contributed by atoms with Gasteiger partial charge >= 0.3 is 0 Å². The van der Waals surface area contributed by atoms with Gasteiger partial charge in [0.1, 0.15) is 11.6 Å². The summed E-state index contributed by atoms with van der Waals surface area (Å²) in [4.78, 5) is 19.5. The summed E-state index contributed by atoms with van der Waals surface area (Å²) in [5, 5.41) is 3.47. The Balaban J connectivity index is 1.82. The molecule has 1 saturated heterocycles. The highest BCUT2D eigenvalue weighted by Gasteiger charge is 2.20. The Morgan fingerprint density at radius 1 is 1.33 bits per heavy atom. The molecule has 2 heterocycles. The van der Waals surface area contributed by atoms with Crippen LogP contribution in [0.3, 0.4) is 0 Å². The van der Waals surface area contributed by atoms with Crippen LogP contribution < -0.4 is 21.5 Å². The zero-order valence-corrected chi connectivity index (χ0v) is 11.5. The minimum absolute atomic E-state index is 0.0726. The first-order valence-electron chi connectivity index (χ1n) is 6.84. The van der Waals surface area contributed by atoms with Gasteiger partial charge in [0.25, 0.3) is 0 Å². The van der Waals surface area contributed by atoms with Crippen LogP contribution in [0, 0.1) is 5.92 Å². The molecule has 1 aromatic carbocycles. The van der Waals surface area contributed by atoms with Gasteiger partial charge in [-0.15, -0.1) is 0 Å². The molecule has 1 aliphatic heterocycles. The molecule has 1 aromatic heterocycles. The molecule has 1 unspecified atom stereocenters. The van der Waals surface area contributed by atoms with Crippen LogP contribution in [-0.2, 0) is 4.79 Å². The zero-order valence-electron chi connectivity index (χ0n) is 11.5. The van der Waals surface area contributed by atoms with Crippen LogP contribution in [0.15, 0.2) is 18.2 Å². The first kappa shape index (κ1) is 13.4. The summed E-state index contributed by atoms with van der Waals surface area (Å²) in [6, 6.07) is 5.46. The van der Waals surface area contributed by atoms with Crippen LogP contribution in [0.1, 0.15) is 12.8 Å². The number of ether oxygens (including phenoxy) is 1. The maximum Gasteiger partial charge on any atom is 0.222 e. The second-order valence-corrected chi connectivity index (χ2v) is 5.14.